The van der Waals surface area contributed by atoms with Gasteiger partial charge in [-0.05, 0) is 149 Å². The normalized spacial score (nSPS) is 12.4. The van der Waals surface area contributed by atoms with Gasteiger partial charge in [-0.25, -0.2) is 0 Å². The van der Waals surface area contributed by atoms with E-state index in [4.69, 9.17) is 8.83 Å². The van der Waals surface area contributed by atoms with Crippen molar-refractivity contribution in [3.63, 3.8) is 0 Å². The molecule has 10 aromatic carbocycles. The Kier molecular flexibility index (Phi) is 5.00. The molecule has 2 heterocycles. The Morgan fingerprint density at radius 1 is 0.240 bits per heavy atom. The van der Waals surface area contributed by atoms with Crippen LogP contribution in [0, 0.1) is 0 Å². The van der Waals surface area contributed by atoms with Crippen molar-refractivity contribution in [2.45, 2.75) is 0 Å². The Morgan fingerprint density at radius 2 is 0.600 bits per heavy atom. The van der Waals surface area contributed by atoms with Crippen LogP contribution in [0.5, 0.6) is 0 Å². The Bertz CT molecular complexity index is 3080. The van der Waals surface area contributed by atoms with E-state index in [1.54, 1.807) is 0 Å². The van der Waals surface area contributed by atoms with Crippen LogP contribution in [0.4, 0.5) is 0 Å². The van der Waals surface area contributed by atoms with Gasteiger partial charge in [0, 0.05) is 21.5 Å². The van der Waals surface area contributed by atoms with Gasteiger partial charge in [0.05, 0.1) is 0 Å². The van der Waals surface area contributed by atoms with Crippen molar-refractivity contribution in [1.82, 2.24) is 0 Å². The molecule has 0 aliphatic carbocycles. The lowest BCUT2D eigenvalue weighted by molar-refractivity contribution is 0.669. The van der Waals surface area contributed by atoms with Gasteiger partial charge in [-0.3, -0.25) is 0 Å². The summed E-state index contributed by atoms with van der Waals surface area (Å²) in [7, 11) is 0. The molecule has 50 heavy (non-hydrogen) atoms. The molecule has 2 nitrogen and oxygen atoms in total. The van der Waals surface area contributed by atoms with Crippen LogP contribution in [0.3, 0.4) is 0 Å². The van der Waals surface area contributed by atoms with Crippen molar-refractivity contribution in [1.29, 1.82) is 0 Å². The lowest BCUT2D eigenvalue weighted by atomic mass is 9.89. The molecular weight excluding hydrogens is 609 g/mol. The minimum Gasteiger partial charge on any atom is -0.456 e. The first-order valence-corrected chi connectivity index (χ1v) is 17.1. The average Bonchev–Trinajstić information content (AvgIpc) is 3.70. The maximum Gasteiger partial charge on any atom is 0.136 e. The Hall–Kier alpha value is -6.64. The van der Waals surface area contributed by atoms with Gasteiger partial charge in [0.15, 0.2) is 0 Å². The largest absolute Gasteiger partial charge is 0.456 e. The highest BCUT2D eigenvalue weighted by Gasteiger charge is 2.16. The van der Waals surface area contributed by atoms with Crippen LogP contribution in [0.15, 0.2) is 167 Å². The zero-order chi connectivity index (χ0) is 32.5. The fourth-order valence-electron chi connectivity index (χ4n) is 8.45. The van der Waals surface area contributed by atoms with Gasteiger partial charge in [0.2, 0.25) is 0 Å². The lowest BCUT2D eigenvalue weighted by Crippen LogP contribution is -1.88. The molecule has 230 valence electrons. The highest BCUT2D eigenvalue weighted by molar-refractivity contribution is 6.25. The van der Waals surface area contributed by atoms with Crippen LogP contribution >= 0.6 is 0 Å². The zero-order valence-electron chi connectivity index (χ0n) is 26.8. The molecule has 0 amide bonds. The Labute approximate surface area is 285 Å². The molecule has 0 saturated carbocycles. The smallest absolute Gasteiger partial charge is 0.136 e. The average molecular weight is 635 g/mol. The minimum absolute atomic E-state index is 0.918. The van der Waals surface area contributed by atoms with Gasteiger partial charge >= 0.3 is 0 Å². The molecule has 0 aliphatic heterocycles. The van der Waals surface area contributed by atoms with Crippen LogP contribution in [-0.4, -0.2) is 0 Å². The van der Waals surface area contributed by atoms with Crippen molar-refractivity contribution < 1.29 is 8.83 Å². The topological polar surface area (TPSA) is 26.3 Å². The van der Waals surface area contributed by atoms with Gasteiger partial charge in [-0.1, -0.05) is 84.9 Å². The Morgan fingerprint density at radius 3 is 1.00 bits per heavy atom. The van der Waals surface area contributed by atoms with Crippen molar-refractivity contribution in [3.8, 4) is 22.3 Å². The number of benzene rings is 10. The molecule has 0 fully saturated rings. The van der Waals surface area contributed by atoms with E-state index in [0.717, 1.165) is 43.9 Å². The molecule has 2 heteroatoms. The third-order valence-corrected chi connectivity index (χ3v) is 10.9. The summed E-state index contributed by atoms with van der Waals surface area (Å²) in [5, 5.41) is 17.1. The van der Waals surface area contributed by atoms with Gasteiger partial charge < -0.3 is 8.83 Å². The summed E-state index contributed by atoms with van der Waals surface area (Å²) in [6, 6.07) is 57.5. The summed E-state index contributed by atoms with van der Waals surface area (Å²) in [6.07, 6.45) is 0. The fourth-order valence-corrected chi connectivity index (χ4v) is 8.45. The second-order valence-corrected chi connectivity index (χ2v) is 13.7. The van der Waals surface area contributed by atoms with Gasteiger partial charge in [-0.2, -0.15) is 0 Å². The molecule has 0 atom stereocenters. The van der Waals surface area contributed by atoms with E-state index < -0.39 is 0 Å². The SMILES string of the molecule is c1ccc2cc3c(cc2c1)oc1ccc(-c2cc4ccc5cc(-c6ccc7oc8cc9ccccc9cc8c7c6)cc6ccc(c2)c4c56)cc13. The number of fused-ring (bicyclic) bond motifs is 8. The van der Waals surface area contributed by atoms with E-state index in [0.29, 0.717) is 0 Å². The maximum atomic E-state index is 6.30. The van der Waals surface area contributed by atoms with Gasteiger partial charge in [0.25, 0.3) is 0 Å². The number of hydrogen-bond donors (Lipinski definition) is 0. The van der Waals surface area contributed by atoms with Crippen LogP contribution < -0.4 is 0 Å². The van der Waals surface area contributed by atoms with E-state index in [1.165, 1.54) is 76.1 Å². The molecule has 0 radical (unpaired) electrons. The van der Waals surface area contributed by atoms with Crippen molar-refractivity contribution in [2.75, 3.05) is 0 Å². The highest BCUT2D eigenvalue weighted by atomic mass is 16.3. The molecule has 0 N–H and O–H groups in total. The summed E-state index contributed by atoms with van der Waals surface area (Å²) >= 11 is 0. The third kappa shape index (κ3) is 3.68. The fraction of sp³-hybridized carbons (Fsp3) is 0. The first-order valence-electron chi connectivity index (χ1n) is 17.1. The van der Waals surface area contributed by atoms with E-state index in [9.17, 15) is 0 Å². The summed E-state index contributed by atoms with van der Waals surface area (Å²) in [6.45, 7) is 0. The summed E-state index contributed by atoms with van der Waals surface area (Å²) < 4.78 is 12.6. The van der Waals surface area contributed by atoms with E-state index in [2.05, 4.69) is 158 Å². The molecule has 2 aromatic heterocycles. The molecule has 12 aromatic rings. The first kappa shape index (κ1) is 26.3. The van der Waals surface area contributed by atoms with Crippen LogP contribution in [0.1, 0.15) is 0 Å². The van der Waals surface area contributed by atoms with Crippen molar-refractivity contribution in [2.24, 2.45) is 0 Å². The Balaban J connectivity index is 0.990. The molecular formula is C48H26O2. The van der Waals surface area contributed by atoms with E-state index >= 15 is 0 Å². The van der Waals surface area contributed by atoms with Gasteiger partial charge in [0.1, 0.15) is 22.3 Å². The monoisotopic (exact) mass is 634 g/mol. The predicted molar refractivity (Wildman–Crippen MR) is 211 cm³/mol. The molecule has 0 bridgehead atoms. The molecule has 0 saturated heterocycles. The van der Waals surface area contributed by atoms with Crippen molar-refractivity contribution in [3.05, 3.63) is 158 Å². The molecule has 0 aliphatic rings. The summed E-state index contributed by atoms with van der Waals surface area (Å²) in [5.74, 6) is 0. The van der Waals surface area contributed by atoms with Crippen LogP contribution in [0.25, 0.3) is 120 Å². The van der Waals surface area contributed by atoms with E-state index in [1.807, 2.05) is 0 Å². The molecule has 12 rings (SSSR count). The third-order valence-electron chi connectivity index (χ3n) is 10.9. The van der Waals surface area contributed by atoms with Crippen LogP contribution in [-0.2, 0) is 0 Å². The number of furan rings is 2. The van der Waals surface area contributed by atoms with E-state index in [-0.39, 0.29) is 0 Å². The second-order valence-electron chi connectivity index (χ2n) is 13.7. The molecule has 0 unspecified atom stereocenters. The number of rotatable bonds is 2. The van der Waals surface area contributed by atoms with Gasteiger partial charge in [-0.15, -0.1) is 0 Å². The lowest BCUT2D eigenvalue weighted by Gasteiger charge is -2.14. The highest BCUT2D eigenvalue weighted by Crippen LogP contribution is 2.42. The quantitative estimate of drug-likeness (QED) is 0.177. The minimum atomic E-state index is 0.918. The van der Waals surface area contributed by atoms with Crippen molar-refractivity contribution >= 4 is 97.7 Å². The second kappa shape index (κ2) is 9.49. The zero-order valence-corrected chi connectivity index (χ0v) is 26.8. The van der Waals surface area contributed by atoms with Crippen LogP contribution in [0.2, 0.25) is 0 Å². The summed E-state index contributed by atoms with van der Waals surface area (Å²) in [4.78, 5) is 0. The maximum absolute atomic E-state index is 6.30. The molecule has 0 spiro atoms. The standard InChI is InChI=1S/C48H26O2/c1-3-7-29-25-45-41(21-27(29)5-1)39-23-31(13-15-43(39)49-45)37-17-33-9-11-35-19-38(20-36-12-10-34(18-37)47(33)48(35)36)32-14-16-44-40(24-32)42-22-28-6-2-4-8-30(28)26-46(42)50-44/h1-26H. The number of hydrogen-bond acceptors (Lipinski definition) is 2. The first-order chi connectivity index (χ1) is 24.7. The summed E-state index contributed by atoms with van der Waals surface area (Å²) in [5.41, 5.74) is 8.49. The predicted octanol–water partition coefficient (Wildman–Crippen LogP) is 14.0.